The van der Waals surface area contributed by atoms with Gasteiger partial charge < -0.3 is 13.9 Å². The smallest absolute Gasteiger partial charge is 0.307 e. The highest BCUT2D eigenvalue weighted by Gasteiger charge is 2.35. The predicted molar refractivity (Wildman–Crippen MR) is 125 cm³/mol. The third kappa shape index (κ3) is 5.85. The van der Waals surface area contributed by atoms with Crippen LogP contribution in [0.15, 0.2) is 81.3 Å². The number of furan rings is 1. The van der Waals surface area contributed by atoms with Crippen molar-refractivity contribution in [3.8, 4) is 5.75 Å². The van der Waals surface area contributed by atoms with Crippen LogP contribution >= 0.6 is 11.8 Å². The molecule has 1 aliphatic rings. The van der Waals surface area contributed by atoms with Crippen LogP contribution < -0.4 is 4.74 Å². The number of nitrogens with zero attached hydrogens (tertiary/aromatic N) is 2. The van der Waals surface area contributed by atoms with E-state index in [0.29, 0.717) is 17.9 Å². The van der Waals surface area contributed by atoms with Crippen LogP contribution in [0.25, 0.3) is 0 Å². The van der Waals surface area contributed by atoms with E-state index in [1.165, 1.54) is 28.9 Å². The summed E-state index contributed by atoms with van der Waals surface area (Å²) in [6, 6.07) is 16.6. The Hall–Kier alpha value is -3.59. The standard InChI is InChI=1S/C25H23FN2O5S/c1-31-19-8-4-17(5-9-19)21-15-22(23-3-2-13-32-23)28(27-21)24(29)16-33-25(30)12-14-34-20-10-6-18(26)7-11-20/h2-11,13,22H,12,14-16H2,1H3. The number of carbonyl (C=O) groups excluding carboxylic acids is 2. The normalized spacial score (nSPS) is 15.2. The fraction of sp³-hybridized carbons (Fsp3) is 0.240. The summed E-state index contributed by atoms with van der Waals surface area (Å²) in [6.45, 7) is -0.420. The summed E-state index contributed by atoms with van der Waals surface area (Å²) in [5.41, 5.74) is 1.59. The zero-order chi connectivity index (χ0) is 23.9. The van der Waals surface area contributed by atoms with Gasteiger partial charge in [0.2, 0.25) is 0 Å². The number of ether oxygens (including phenoxy) is 2. The first-order valence-corrected chi connectivity index (χ1v) is 11.6. The van der Waals surface area contributed by atoms with Gasteiger partial charge in [0.25, 0.3) is 5.91 Å². The molecule has 2 heterocycles. The van der Waals surface area contributed by atoms with Crippen LogP contribution in [-0.2, 0) is 14.3 Å². The van der Waals surface area contributed by atoms with E-state index >= 15 is 0 Å². The zero-order valence-electron chi connectivity index (χ0n) is 18.5. The molecule has 34 heavy (non-hydrogen) atoms. The molecular weight excluding hydrogens is 459 g/mol. The molecule has 0 bridgehead atoms. The number of methoxy groups -OCH3 is 1. The molecule has 0 saturated carbocycles. The lowest BCUT2D eigenvalue weighted by Gasteiger charge is -2.19. The highest BCUT2D eigenvalue weighted by Crippen LogP contribution is 2.33. The van der Waals surface area contributed by atoms with Gasteiger partial charge in [-0.25, -0.2) is 9.40 Å². The average molecular weight is 483 g/mol. The van der Waals surface area contributed by atoms with Crippen molar-refractivity contribution in [3.05, 3.63) is 84.1 Å². The van der Waals surface area contributed by atoms with Gasteiger partial charge in [-0.05, 0) is 66.2 Å². The molecule has 1 atom stereocenters. The second kappa shape index (κ2) is 11.0. The van der Waals surface area contributed by atoms with E-state index in [9.17, 15) is 14.0 Å². The quantitative estimate of drug-likeness (QED) is 0.321. The third-order valence-corrected chi connectivity index (χ3v) is 6.22. The maximum Gasteiger partial charge on any atom is 0.307 e. The van der Waals surface area contributed by atoms with Gasteiger partial charge in [0.15, 0.2) is 6.61 Å². The summed E-state index contributed by atoms with van der Waals surface area (Å²) in [5, 5.41) is 5.83. The molecule has 1 aromatic heterocycles. The van der Waals surface area contributed by atoms with Gasteiger partial charge >= 0.3 is 5.97 Å². The van der Waals surface area contributed by atoms with Gasteiger partial charge in [0.1, 0.15) is 23.4 Å². The first-order valence-electron chi connectivity index (χ1n) is 10.6. The van der Waals surface area contributed by atoms with Crippen LogP contribution in [0.1, 0.15) is 30.2 Å². The van der Waals surface area contributed by atoms with Crippen molar-refractivity contribution in [1.82, 2.24) is 5.01 Å². The van der Waals surface area contributed by atoms with Crippen molar-refractivity contribution < 1.29 is 27.9 Å². The van der Waals surface area contributed by atoms with E-state index in [1.54, 1.807) is 37.6 Å². The SMILES string of the molecule is COc1ccc(C2=NN(C(=O)COC(=O)CCSc3ccc(F)cc3)C(c3ccco3)C2)cc1. The highest BCUT2D eigenvalue weighted by molar-refractivity contribution is 7.99. The number of esters is 1. The largest absolute Gasteiger partial charge is 0.497 e. The minimum atomic E-state index is -0.490. The van der Waals surface area contributed by atoms with Crippen molar-refractivity contribution in [2.75, 3.05) is 19.5 Å². The van der Waals surface area contributed by atoms with Gasteiger partial charge in [0.05, 0.1) is 25.5 Å². The van der Waals surface area contributed by atoms with E-state index in [0.717, 1.165) is 21.9 Å². The molecule has 1 unspecified atom stereocenters. The second-order valence-corrected chi connectivity index (χ2v) is 8.63. The minimum Gasteiger partial charge on any atom is -0.497 e. The molecule has 0 saturated heterocycles. The monoisotopic (exact) mass is 482 g/mol. The van der Waals surface area contributed by atoms with E-state index in [4.69, 9.17) is 13.9 Å². The molecule has 0 radical (unpaired) electrons. The van der Waals surface area contributed by atoms with Crippen molar-refractivity contribution in [2.24, 2.45) is 5.10 Å². The van der Waals surface area contributed by atoms with E-state index in [2.05, 4.69) is 5.10 Å². The van der Waals surface area contributed by atoms with E-state index in [-0.39, 0.29) is 12.2 Å². The molecule has 0 aliphatic carbocycles. The Labute approximate surface area is 200 Å². The number of hydrogen-bond acceptors (Lipinski definition) is 7. The van der Waals surface area contributed by atoms with Crippen LogP contribution in [0, 0.1) is 5.82 Å². The van der Waals surface area contributed by atoms with Crippen molar-refractivity contribution >= 4 is 29.4 Å². The van der Waals surface area contributed by atoms with Crippen LogP contribution in [0.2, 0.25) is 0 Å². The lowest BCUT2D eigenvalue weighted by atomic mass is 10.0. The first kappa shape index (κ1) is 23.6. The second-order valence-electron chi connectivity index (χ2n) is 7.46. The molecule has 0 spiro atoms. The molecule has 4 rings (SSSR count). The molecular formula is C25H23FN2O5S. The van der Waals surface area contributed by atoms with Crippen LogP contribution in [0.4, 0.5) is 4.39 Å². The Bertz CT molecular complexity index is 1150. The van der Waals surface area contributed by atoms with Gasteiger partial charge in [-0.15, -0.1) is 11.8 Å². The Kier molecular flexibility index (Phi) is 7.64. The van der Waals surface area contributed by atoms with Gasteiger partial charge in [0, 0.05) is 17.1 Å². The van der Waals surface area contributed by atoms with Crippen LogP contribution in [0.3, 0.4) is 0 Å². The number of hydrazone groups is 1. The Balaban J connectivity index is 1.35. The topological polar surface area (TPSA) is 81.3 Å². The lowest BCUT2D eigenvalue weighted by molar-refractivity contribution is -0.152. The Morgan fingerprint density at radius 2 is 1.91 bits per heavy atom. The van der Waals surface area contributed by atoms with Crippen molar-refractivity contribution in [3.63, 3.8) is 0 Å². The summed E-state index contributed by atoms with van der Waals surface area (Å²) in [5.74, 6) is 0.539. The molecule has 1 aliphatic heterocycles. The number of rotatable bonds is 9. The van der Waals surface area contributed by atoms with E-state index in [1.807, 2.05) is 24.3 Å². The Morgan fingerprint density at radius 1 is 1.15 bits per heavy atom. The summed E-state index contributed by atoms with van der Waals surface area (Å²) < 4.78 is 28.9. The van der Waals surface area contributed by atoms with Crippen LogP contribution in [0.5, 0.6) is 5.75 Å². The summed E-state index contributed by atoms with van der Waals surface area (Å²) in [4.78, 5) is 25.9. The fourth-order valence-electron chi connectivity index (χ4n) is 3.46. The molecule has 1 amide bonds. The Morgan fingerprint density at radius 3 is 2.59 bits per heavy atom. The van der Waals surface area contributed by atoms with E-state index < -0.39 is 24.5 Å². The number of hydrogen-bond donors (Lipinski definition) is 0. The summed E-state index contributed by atoms with van der Waals surface area (Å²) >= 11 is 1.41. The lowest BCUT2D eigenvalue weighted by Crippen LogP contribution is -2.31. The molecule has 7 nitrogen and oxygen atoms in total. The average Bonchev–Trinajstić information content (AvgIpc) is 3.54. The maximum absolute atomic E-state index is 13.0. The minimum absolute atomic E-state index is 0.122. The summed E-state index contributed by atoms with van der Waals surface area (Å²) in [7, 11) is 1.60. The number of amides is 1. The maximum atomic E-state index is 13.0. The molecule has 2 aromatic carbocycles. The van der Waals surface area contributed by atoms with Gasteiger partial charge in [-0.1, -0.05) is 0 Å². The molecule has 176 valence electrons. The molecule has 9 heteroatoms. The predicted octanol–water partition coefficient (Wildman–Crippen LogP) is 4.83. The molecule has 0 fully saturated rings. The van der Waals surface area contributed by atoms with Gasteiger partial charge in [-0.3, -0.25) is 9.59 Å². The number of benzene rings is 2. The third-order valence-electron chi connectivity index (χ3n) is 5.21. The van der Waals surface area contributed by atoms with Gasteiger partial charge in [-0.2, -0.15) is 5.10 Å². The first-order chi connectivity index (χ1) is 16.5. The number of carbonyl (C=O) groups is 2. The number of thioether (sulfide) groups is 1. The fourth-order valence-corrected chi connectivity index (χ4v) is 4.30. The molecule has 3 aromatic rings. The zero-order valence-corrected chi connectivity index (χ0v) is 19.3. The summed E-state index contributed by atoms with van der Waals surface area (Å²) in [6.07, 6.45) is 2.13. The number of halogens is 1. The van der Waals surface area contributed by atoms with Crippen molar-refractivity contribution in [2.45, 2.75) is 23.8 Å². The van der Waals surface area contributed by atoms with Crippen molar-refractivity contribution in [1.29, 1.82) is 0 Å². The highest BCUT2D eigenvalue weighted by atomic mass is 32.2. The molecule has 0 N–H and O–H groups in total. The van der Waals surface area contributed by atoms with Crippen LogP contribution in [-0.4, -0.2) is 42.1 Å².